The van der Waals surface area contributed by atoms with E-state index in [1.807, 2.05) is 48.2 Å². The van der Waals surface area contributed by atoms with Gasteiger partial charge >= 0.3 is 5.97 Å². The number of hydrogen-bond donors (Lipinski definition) is 1. The normalized spacial score (nSPS) is 36.5. The standard InChI is InChI=1S/C20H21NO4/c1-3-7-15-20-11-10-14(25-20)16(19(23)24)17(20)18(22)21(15)12(2)13-8-5-4-6-9-13/h3-6,8-12,14-17H,1,7H2,2H3,(H,23,24)/t12-,14-,15+,16-,17-,20+/m1/s1. The van der Waals surface area contributed by atoms with Crippen molar-refractivity contribution in [2.45, 2.75) is 37.1 Å². The van der Waals surface area contributed by atoms with Crippen LogP contribution in [0, 0.1) is 11.8 Å². The van der Waals surface area contributed by atoms with Crippen LogP contribution in [0.2, 0.25) is 0 Å². The average Bonchev–Trinajstić information content (AvgIpc) is 3.24. The Balaban J connectivity index is 1.78. The van der Waals surface area contributed by atoms with Gasteiger partial charge in [0.1, 0.15) is 11.5 Å². The lowest BCUT2D eigenvalue weighted by Gasteiger charge is -2.36. The molecule has 4 rings (SSSR count). The largest absolute Gasteiger partial charge is 0.481 e. The molecule has 2 bridgehead atoms. The number of hydrogen-bond acceptors (Lipinski definition) is 3. The molecule has 25 heavy (non-hydrogen) atoms. The summed E-state index contributed by atoms with van der Waals surface area (Å²) < 4.78 is 6.11. The third kappa shape index (κ3) is 2.05. The number of fused-ring (bicyclic) bond motifs is 1. The molecule has 3 heterocycles. The van der Waals surface area contributed by atoms with Gasteiger partial charge in [-0.05, 0) is 18.9 Å². The van der Waals surface area contributed by atoms with Crippen molar-refractivity contribution in [2.75, 3.05) is 0 Å². The molecule has 5 heteroatoms. The number of carbonyl (C=O) groups is 2. The van der Waals surface area contributed by atoms with Gasteiger partial charge in [-0.3, -0.25) is 9.59 Å². The summed E-state index contributed by atoms with van der Waals surface area (Å²) in [6, 6.07) is 9.37. The van der Waals surface area contributed by atoms with Crippen LogP contribution in [-0.4, -0.2) is 39.6 Å². The molecule has 0 radical (unpaired) electrons. The Bertz CT molecular complexity index is 758. The van der Waals surface area contributed by atoms with Crippen LogP contribution < -0.4 is 0 Å². The molecule has 3 aliphatic heterocycles. The van der Waals surface area contributed by atoms with Crippen LogP contribution in [-0.2, 0) is 14.3 Å². The zero-order chi connectivity index (χ0) is 17.8. The number of carboxylic acids is 1. The average molecular weight is 339 g/mol. The van der Waals surface area contributed by atoms with Gasteiger partial charge in [-0.15, -0.1) is 6.58 Å². The van der Waals surface area contributed by atoms with Gasteiger partial charge in [0.2, 0.25) is 5.91 Å². The molecule has 1 N–H and O–H groups in total. The van der Waals surface area contributed by atoms with Crippen molar-refractivity contribution in [3.63, 3.8) is 0 Å². The third-order valence-corrected chi connectivity index (χ3v) is 5.84. The highest BCUT2D eigenvalue weighted by Crippen LogP contribution is 2.57. The third-order valence-electron chi connectivity index (χ3n) is 5.84. The summed E-state index contributed by atoms with van der Waals surface area (Å²) in [5.74, 6) is -2.60. The molecule has 0 aliphatic carbocycles. The zero-order valence-corrected chi connectivity index (χ0v) is 14.0. The highest BCUT2D eigenvalue weighted by molar-refractivity contribution is 5.91. The topological polar surface area (TPSA) is 66.8 Å². The molecule has 0 saturated carbocycles. The molecule has 3 aliphatic rings. The van der Waals surface area contributed by atoms with Crippen LogP contribution in [0.25, 0.3) is 0 Å². The van der Waals surface area contributed by atoms with E-state index >= 15 is 0 Å². The quantitative estimate of drug-likeness (QED) is 0.837. The summed E-state index contributed by atoms with van der Waals surface area (Å²) in [6.45, 7) is 5.81. The van der Waals surface area contributed by atoms with E-state index in [1.165, 1.54) is 0 Å². The van der Waals surface area contributed by atoms with Crippen molar-refractivity contribution in [1.82, 2.24) is 4.90 Å². The van der Waals surface area contributed by atoms with Crippen molar-refractivity contribution in [3.8, 4) is 0 Å². The maximum Gasteiger partial charge on any atom is 0.310 e. The maximum atomic E-state index is 13.3. The zero-order valence-electron chi connectivity index (χ0n) is 14.0. The van der Waals surface area contributed by atoms with Crippen LogP contribution in [0.1, 0.15) is 24.9 Å². The minimum atomic E-state index is -0.971. The van der Waals surface area contributed by atoms with Crippen LogP contribution in [0.15, 0.2) is 55.1 Å². The van der Waals surface area contributed by atoms with Gasteiger partial charge in [-0.2, -0.15) is 0 Å². The van der Waals surface area contributed by atoms with Crippen molar-refractivity contribution < 1.29 is 19.4 Å². The van der Waals surface area contributed by atoms with E-state index in [-0.39, 0.29) is 18.0 Å². The lowest BCUT2D eigenvalue weighted by Crippen LogP contribution is -2.45. The van der Waals surface area contributed by atoms with Crippen molar-refractivity contribution in [3.05, 3.63) is 60.7 Å². The van der Waals surface area contributed by atoms with Crippen molar-refractivity contribution in [2.24, 2.45) is 11.8 Å². The minimum Gasteiger partial charge on any atom is -0.481 e. The second kappa shape index (κ2) is 5.56. The molecule has 6 atom stereocenters. The predicted octanol–water partition coefficient (Wildman–Crippen LogP) is 2.56. The number of aliphatic carboxylic acids is 1. The Labute approximate surface area is 146 Å². The molecule has 1 spiro atoms. The number of carboxylic acid groups (broad SMARTS) is 1. The molecule has 2 fully saturated rings. The number of rotatable bonds is 5. The Morgan fingerprint density at radius 2 is 2.16 bits per heavy atom. The van der Waals surface area contributed by atoms with Crippen molar-refractivity contribution >= 4 is 11.9 Å². The minimum absolute atomic E-state index is 0.137. The summed E-state index contributed by atoms with van der Waals surface area (Å²) in [4.78, 5) is 26.9. The predicted molar refractivity (Wildman–Crippen MR) is 91.7 cm³/mol. The Kier molecular flexibility index (Phi) is 3.58. The molecule has 1 aromatic carbocycles. The number of nitrogens with zero attached hydrogens (tertiary/aromatic N) is 1. The lowest BCUT2D eigenvalue weighted by molar-refractivity contribution is -0.149. The first-order chi connectivity index (χ1) is 12.0. The molecule has 5 nitrogen and oxygen atoms in total. The molecular formula is C20H21NO4. The van der Waals surface area contributed by atoms with Gasteiger partial charge < -0.3 is 14.7 Å². The van der Waals surface area contributed by atoms with Gasteiger partial charge in [0.25, 0.3) is 0 Å². The molecular weight excluding hydrogens is 318 g/mol. The van der Waals surface area contributed by atoms with Crippen LogP contribution in [0.4, 0.5) is 0 Å². The summed E-state index contributed by atoms with van der Waals surface area (Å²) in [7, 11) is 0. The number of likely N-dealkylation sites (tertiary alicyclic amines) is 1. The van der Waals surface area contributed by atoms with Crippen LogP contribution in [0.5, 0.6) is 0 Å². The van der Waals surface area contributed by atoms with E-state index in [9.17, 15) is 14.7 Å². The number of benzene rings is 1. The molecule has 0 unspecified atom stereocenters. The summed E-state index contributed by atoms with van der Waals surface area (Å²) in [5, 5.41) is 9.65. The lowest BCUT2D eigenvalue weighted by atomic mass is 9.74. The monoisotopic (exact) mass is 339 g/mol. The Hall–Kier alpha value is -2.40. The van der Waals surface area contributed by atoms with Crippen LogP contribution in [0.3, 0.4) is 0 Å². The second-order valence-electron chi connectivity index (χ2n) is 7.01. The number of amides is 1. The van der Waals surface area contributed by atoms with Gasteiger partial charge in [0.05, 0.1) is 24.1 Å². The van der Waals surface area contributed by atoms with Gasteiger partial charge in [-0.25, -0.2) is 0 Å². The summed E-state index contributed by atoms with van der Waals surface area (Å²) in [6.07, 6.45) is 5.52. The Morgan fingerprint density at radius 1 is 1.44 bits per heavy atom. The van der Waals surface area contributed by atoms with E-state index in [2.05, 4.69) is 6.58 Å². The fourth-order valence-corrected chi connectivity index (χ4v) is 4.77. The first-order valence-corrected chi connectivity index (χ1v) is 8.59. The second-order valence-corrected chi connectivity index (χ2v) is 7.01. The molecule has 0 aromatic heterocycles. The van der Waals surface area contributed by atoms with Gasteiger partial charge in [0, 0.05) is 0 Å². The fraction of sp³-hybridized carbons (Fsp3) is 0.400. The van der Waals surface area contributed by atoms with Crippen molar-refractivity contribution in [1.29, 1.82) is 0 Å². The highest BCUT2D eigenvalue weighted by Gasteiger charge is 2.71. The first-order valence-electron chi connectivity index (χ1n) is 8.59. The molecule has 1 aromatic rings. The summed E-state index contributed by atoms with van der Waals surface area (Å²) >= 11 is 0. The van der Waals surface area contributed by atoms with E-state index in [0.717, 1.165) is 5.56 Å². The van der Waals surface area contributed by atoms with E-state index < -0.39 is 29.5 Å². The maximum absolute atomic E-state index is 13.3. The molecule has 1 amide bonds. The molecule has 2 saturated heterocycles. The Morgan fingerprint density at radius 3 is 2.80 bits per heavy atom. The highest BCUT2D eigenvalue weighted by atomic mass is 16.5. The van der Waals surface area contributed by atoms with Gasteiger partial charge in [-0.1, -0.05) is 48.6 Å². The first kappa shape index (κ1) is 16.1. The van der Waals surface area contributed by atoms with E-state index in [0.29, 0.717) is 6.42 Å². The fourth-order valence-electron chi connectivity index (χ4n) is 4.77. The number of carbonyl (C=O) groups excluding carboxylic acids is 1. The van der Waals surface area contributed by atoms with Gasteiger partial charge in [0.15, 0.2) is 0 Å². The smallest absolute Gasteiger partial charge is 0.310 e. The van der Waals surface area contributed by atoms with E-state index in [4.69, 9.17) is 4.74 Å². The van der Waals surface area contributed by atoms with Crippen LogP contribution >= 0.6 is 0 Å². The van der Waals surface area contributed by atoms with E-state index in [1.54, 1.807) is 12.2 Å². The SMILES string of the molecule is C=CC[C@@H]1N([C@H](C)c2ccccc2)C(=O)[C@H]2[C@H](C(=O)O)[C@H]3C=C[C@]12O3. The molecule has 130 valence electrons. The number of ether oxygens (including phenoxy) is 1. The summed E-state index contributed by atoms with van der Waals surface area (Å²) in [5.41, 5.74) is 0.161.